The Hall–Kier alpha value is -1.75. The van der Waals surface area contributed by atoms with E-state index in [1.54, 1.807) is 0 Å². The molecule has 0 unspecified atom stereocenters. The van der Waals surface area contributed by atoms with Crippen molar-refractivity contribution in [2.24, 2.45) is 4.99 Å². The van der Waals surface area contributed by atoms with Crippen LogP contribution < -0.4 is 10.2 Å². The van der Waals surface area contributed by atoms with Crippen molar-refractivity contribution >= 4 is 11.6 Å². The van der Waals surface area contributed by atoms with Gasteiger partial charge in [-0.2, -0.15) is 0 Å². The van der Waals surface area contributed by atoms with Gasteiger partial charge in [-0.3, -0.25) is 4.99 Å². The summed E-state index contributed by atoms with van der Waals surface area (Å²) >= 11 is 0. The molecule has 0 spiro atoms. The molecule has 2 aliphatic rings. The van der Waals surface area contributed by atoms with Crippen LogP contribution >= 0.6 is 0 Å². The molecule has 5 nitrogen and oxygen atoms in total. The van der Waals surface area contributed by atoms with Crippen molar-refractivity contribution in [2.75, 3.05) is 64.3 Å². The summed E-state index contributed by atoms with van der Waals surface area (Å²) in [6.45, 7) is 9.07. The van der Waals surface area contributed by atoms with Gasteiger partial charge in [0, 0.05) is 45.5 Å². The van der Waals surface area contributed by atoms with Crippen molar-refractivity contribution in [1.82, 2.24) is 15.1 Å². The van der Waals surface area contributed by atoms with Gasteiger partial charge in [0.25, 0.3) is 0 Å². The Labute approximate surface area is 152 Å². The predicted octanol–water partition coefficient (Wildman–Crippen LogP) is 2.26. The highest BCUT2D eigenvalue weighted by atomic mass is 15.3. The quantitative estimate of drug-likeness (QED) is 0.488. The van der Waals surface area contributed by atoms with Crippen molar-refractivity contribution in [1.29, 1.82) is 0 Å². The molecule has 5 heteroatoms. The smallest absolute Gasteiger partial charge is 0.193 e. The first-order valence-corrected chi connectivity index (χ1v) is 9.85. The fourth-order valence-electron chi connectivity index (χ4n) is 3.81. The fourth-order valence-corrected chi connectivity index (χ4v) is 3.81. The molecule has 138 valence electrons. The minimum Gasteiger partial charge on any atom is -0.368 e. The predicted molar refractivity (Wildman–Crippen MR) is 106 cm³/mol. The molecule has 2 heterocycles. The van der Waals surface area contributed by atoms with Crippen molar-refractivity contribution < 1.29 is 0 Å². The van der Waals surface area contributed by atoms with Crippen LogP contribution in [0.1, 0.15) is 25.7 Å². The van der Waals surface area contributed by atoms with Crippen LogP contribution in [0.15, 0.2) is 35.3 Å². The lowest BCUT2D eigenvalue weighted by molar-refractivity contribution is 0.329. The number of para-hydroxylation sites is 1. The van der Waals surface area contributed by atoms with Crippen LogP contribution in [0.25, 0.3) is 0 Å². The third-order valence-corrected chi connectivity index (χ3v) is 5.30. The summed E-state index contributed by atoms with van der Waals surface area (Å²) in [4.78, 5) is 11.9. The zero-order chi connectivity index (χ0) is 17.3. The van der Waals surface area contributed by atoms with Gasteiger partial charge in [0.15, 0.2) is 5.96 Å². The Balaban J connectivity index is 1.34. The van der Waals surface area contributed by atoms with Crippen molar-refractivity contribution in [2.45, 2.75) is 25.7 Å². The number of likely N-dealkylation sites (tertiary alicyclic amines) is 1. The number of guanidine groups is 1. The molecule has 2 fully saturated rings. The van der Waals surface area contributed by atoms with E-state index in [0.29, 0.717) is 0 Å². The second-order valence-electron chi connectivity index (χ2n) is 7.04. The van der Waals surface area contributed by atoms with Gasteiger partial charge in [-0.05, 0) is 57.5 Å². The lowest BCUT2D eigenvalue weighted by atomic mass is 10.2. The average Bonchev–Trinajstić information content (AvgIpc) is 3.19. The Morgan fingerprint density at radius 3 is 2.36 bits per heavy atom. The molecule has 0 bridgehead atoms. The summed E-state index contributed by atoms with van der Waals surface area (Å²) in [5, 5.41) is 3.56. The Kier molecular flexibility index (Phi) is 6.98. The van der Waals surface area contributed by atoms with Gasteiger partial charge in [-0.1, -0.05) is 18.2 Å². The maximum Gasteiger partial charge on any atom is 0.193 e. The molecule has 0 atom stereocenters. The van der Waals surface area contributed by atoms with Crippen LogP contribution in [-0.4, -0.2) is 75.2 Å². The van der Waals surface area contributed by atoms with Gasteiger partial charge in [-0.15, -0.1) is 0 Å². The molecule has 0 aliphatic carbocycles. The first kappa shape index (κ1) is 18.1. The molecule has 1 aromatic rings. The minimum atomic E-state index is 1.03. The molecule has 2 saturated heterocycles. The number of hydrogen-bond acceptors (Lipinski definition) is 3. The first-order chi connectivity index (χ1) is 12.4. The van der Waals surface area contributed by atoms with E-state index in [4.69, 9.17) is 0 Å². The molecular weight excluding hydrogens is 310 g/mol. The molecule has 2 aliphatic heterocycles. The van der Waals surface area contributed by atoms with E-state index in [2.05, 4.69) is 55.3 Å². The SMILES string of the molecule is CN=C(NCCCCN1CCCC1)N1CCN(c2ccccc2)CC1. The number of unbranched alkanes of at least 4 members (excludes halogenated alkanes) is 1. The molecular formula is C20H33N5. The highest BCUT2D eigenvalue weighted by molar-refractivity contribution is 5.80. The number of hydrogen-bond donors (Lipinski definition) is 1. The van der Waals surface area contributed by atoms with Gasteiger partial charge in [0.2, 0.25) is 0 Å². The van der Waals surface area contributed by atoms with Gasteiger partial charge >= 0.3 is 0 Å². The summed E-state index contributed by atoms with van der Waals surface area (Å²) in [5.41, 5.74) is 1.33. The number of anilines is 1. The minimum absolute atomic E-state index is 1.03. The third kappa shape index (κ3) is 5.36. The molecule has 25 heavy (non-hydrogen) atoms. The van der Waals surface area contributed by atoms with Gasteiger partial charge in [0.05, 0.1) is 0 Å². The highest BCUT2D eigenvalue weighted by Crippen LogP contribution is 2.15. The van der Waals surface area contributed by atoms with Crippen LogP contribution in [0.3, 0.4) is 0 Å². The normalized spacial score (nSPS) is 19.5. The van der Waals surface area contributed by atoms with E-state index in [1.165, 1.54) is 51.0 Å². The lowest BCUT2D eigenvalue weighted by Crippen LogP contribution is -2.52. The standard InChI is InChI=1S/C20H33N5/c1-21-20(22-11-5-6-12-23-13-7-8-14-23)25-17-15-24(16-18-25)19-9-3-2-4-10-19/h2-4,9-10H,5-8,11-18H2,1H3,(H,21,22). The number of benzene rings is 1. The number of nitrogens with zero attached hydrogens (tertiary/aromatic N) is 4. The van der Waals surface area contributed by atoms with Crippen LogP contribution in [0.4, 0.5) is 5.69 Å². The Bertz CT molecular complexity index is 516. The maximum atomic E-state index is 4.49. The van der Waals surface area contributed by atoms with E-state index >= 15 is 0 Å². The second kappa shape index (κ2) is 9.66. The zero-order valence-corrected chi connectivity index (χ0v) is 15.7. The number of aliphatic imine (C=N–C) groups is 1. The molecule has 0 radical (unpaired) electrons. The summed E-state index contributed by atoms with van der Waals surface area (Å²) in [6.07, 6.45) is 5.28. The molecule has 0 saturated carbocycles. The number of nitrogens with one attached hydrogen (secondary N) is 1. The van der Waals surface area contributed by atoms with E-state index in [1.807, 2.05) is 7.05 Å². The van der Waals surface area contributed by atoms with Crippen molar-refractivity contribution in [3.8, 4) is 0 Å². The van der Waals surface area contributed by atoms with Crippen LogP contribution in [0.5, 0.6) is 0 Å². The average molecular weight is 344 g/mol. The van der Waals surface area contributed by atoms with Gasteiger partial charge in [0.1, 0.15) is 0 Å². The molecule has 1 aromatic carbocycles. The number of rotatable bonds is 6. The first-order valence-electron chi connectivity index (χ1n) is 9.85. The molecule has 3 rings (SSSR count). The Morgan fingerprint density at radius 1 is 0.960 bits per heavy atom. The lowest BCUT2D eigenvalue weighted by Gasteiger charge is -2.37. The van der Waals surface area contributed by atoms with Crippen LogP contribution in [-0.2, 0) is 0 Å². The molecule has 0 aromatic heterocycles. The third-order valence-electron chi connectivity index (χ3n) is 5.30. The Morgan fingerprint density at radius 2 is 1.68 bits per heavy atom. The summed E-state index contributed by atoms with van der Waals surface area (Å²) in [5.74, 6) is 1.06. The highest BCUT2D eigenvalue weighted by Gasteiger charge is 2.19. The number of piperazine rings is 1. The topological polar surface area (TPSA) is 34.1 Å². The van der Waals surface area contributed by atoms with Crippen molar-refractivity contribution in [3.05, 3.63) is 30.3 Å². The summed E-state index contributed by atoms with van der Waals surface area (Å²) < 4.78 is 0. The van der Waals surface area contributed by atoms with E-state index in [9.17, 15) is 0 Å². The second-order valence-corrected chi connectivity index (χ2v) is 7.04. The van der Waals surface area contributed by atoms with Crippen LogP contribution in [0, 0.1) is 0 Å². The fraction of sp³-hybridized carbons (Fsp3) is 0.650. The van der Waals surface area contributed by atoms with E-state index in [-0.39, 0.29) is 0 Å². The van der Waals surface area contributed by atoms with Gasteiger partial charge < -0.3 is 20.0 Å². The van der Waals surface area contributed by atoms with E-state index in [0.717, 1.165) is 38.7 Å². The van der Waals surface area contributed by atoms with Gasteiger partial charge in [-0.25, -0.2) is 0 Å². The zero-order valence-electron chi connectivity index (χ0n) is 15.7. The van der Waals surface area contributed by atoms with Crippen molar-refractivity contribution in [3.63, 3.8) is 0 Å². The van der Waals surface area contributed by atoms with E-state index < -0.39 is 0 Å². The largest absolute Gasteiger partial charge is 0.368 e. The summed E-state index contributed by atoms with van der Waals surface area (Å²) in [7, 11) is 1.90. The monoisotopic (exact) mass is 343 g/mol. The summed E-state index contributed by atoms with van der Waals surface area (Å²) in [6, 6.07) is 10.7. The maximum absolute atomic E-state index is 4.49. The molecule has 1 N–H and O–H groups in total. The van der Waals surface area contributed by atoms with Crippen LogP contribution in [0.2, 0.25) is 0 Å². The molecule has 0 amide bonds.